The van der Waals surface area contributed by atoms with Crippen LogP contribution in [0.1, 0.15) is 0 Å². The lowest BCUT2D eigenvalue weighted by molar-refractivity contribution is 0.312. The first-order valence-corrected chi connectivity index (χ1v) is 13.9. The number of aromatic amines is 1. The SMILES string of the molecule is CN1CCN(c2ccc(-c3cc4cc(-c5c[nH]c(=O)c(NSc6ccc(F)cc6F)c5)ccc4nc3N)cn2)CC1. The normalized spacial score (nSPS) is 14.0. The molecular formula is C30H27F2N7OS. The minimum absolute atomic E-state index is 0.171. The van der Waals surface area contributed by atoms with Crippen molar-refractivity contribution in [1.29, 1.82) is 0 Å². The summed E-state index contributed by atoms with van der Waals surface area (Å²) < 4.78 is 30.1. The van der Waals surface area contributed by atoms with Crippen molar-refractivity contribution in [3.8, 4) is 22.3 Å². The summed E-state index contributed by atoms with van der Waals surface area (Å²) in [5.74, 6) is -0.0167. The molecule has 5 aromatic rings. The lowest BCUT2D eigenvalue weighted by Crippen LogP contribution is -2.44. The molecule has 0 amide bonds. The number of nitrogen functional groups attached to an aromatic ring is 1. The van der Waals surface area contributed by atoms with Crippen LogP contribution in [0.25, 0.3) is 33.2 Å². The molecule has 6 rings (SSSR count). The number of piperazine rings is 1. The molecule has 0 aliphatic carbocycles. The van der Waals surface area contributed by atoms with Crippen LogP contribution >= 0.6 is 11.9 Å². The van der Waals surface area contributed by atoms with E-state index < -0.39 is 11.6 Å². The predicted molar refractivity (Wildman–Crippen MR) is 161 cm³/mol. The number of aromatic nitrogens is 3. The Hall–Kier alpha value is -4.48. The van der Waals surface area contributed by atoms with Gasteiger partial charge in [0.25, 0.3) is 5.56 Å². The number of H-pyrrole nitrogens is 1. The van der Waals surface area contributed by atoms with E-state index in [4.69, 9.17) is 10.7 Å². The van der Waals surface area contributed by atoms with E-state index >= 15 is 0 Å². The summed E-state index contributed by atoms with van der Waals surface area (Å²) in [5, 5.41) is 0.873. The van der Waals surface area contributed by atoms with Gasteiger partial charge < -0.3 is 25.2 Å². The van der Waals surface area contributed by atoms with Crippen molar-refractivity contribution in [3.05, 3.63) is 95.0 Å². The third-order valence-electron chi connectivity index (χ3n) is 7.13. The largest absolute Gasteiger partial charge is 0.383 e. The fraction of sp³-hybridized carbons (Fsp3) is 0.167. The van der Waals surface area contributed by atoms with Crippen LogP contribution in [-0.4, -0.2) is 53.1 Å². The Kier molecular flexibility index (Phi) is 7.29. The monoisotopic (exact) mass is 571 g/mol. The second kappa shape index (κ2) is 11.2. The van der Waals surface area contributed by atoms with Crippen LogP contribution in [0.3, 0.4) is 0 Å². The molecule has 1 saturated heterocycles. The molecule has 4 heterocycles. The van der Waals surface area contributed by atoms with Gasteiger partial charge in [0.2, 0.25) is 0 Å². The number of hydrogen-bond acceptors (Lipinski definition) is 8. The van der Waals surface area contributed by atoms with E-state index in [-0.39, 0.29) is 16.1 Å². The Balaban J connectivity index is 1.26. The number of hydrogen-bond donors (Lipinski definition) is 3. The zero-order valence-electron chi connectivity index (χ0n) is 22.2. The smallest absolute Gasteiger partial charge is 0.272 e. The molecule has 1 fully saturated rings. The molecule has 0 unspecified atom stereocenters. The molecule has 11 heteroatoms. The Morgan fingerprint density at radius 1 is 0.951 bits per heavy atom. The molecule has 208 valence electrons. The van der Waals surface area contributed by atoms with E-state index in [0.717, 1.165) is 89.2 Å². The molecule has 1 aliphatic heterocycles. The van der Waals surface area contributed by atoms with E-state index in [1.165, 1.54) is 6.07 Å². The number of halogens is 2. The maximum Gasteiger partial charge on any atom is 0.272 e. The second-order valence-electron chi connectivity index (χ2n) is 9.93. The highest BCUT2D eigenvalue weighted by atomic mass is 32.2. The number of anilines is 3. The lowest BCUT2D eigenvalue weighted by Gasteiger charge is -2.33. The minimum Gasteiger partial charge on any atom is -0.383 e. The molecule has 3 aromatic heterocycles. The molecule has 2 aromatic carbocycles. The topological polar surface area (TPSA) is 103 Å². The number of nitrogens with two attached hydrogens (primary N) is 1. The van der Waals surface area contributed by atoms with Crippen molar-refractivity contribution in [2.75, 3.05) is 48.6 Å². The highest BCUT2D eigenvalue weighted by molar-refractivity contribution is 8.00. The number of nitrogens with zero attached hydrogens (tertiary/aromatic N) is 4. The second-order valence-corrected chi connectivity index (χ2v) is 10.8. The number of pyridine rings is 3. The highest BCUT2D eigenvalue weighted by Crippen LogP contribution is 2.32. The summed E-state index contributed by atoms with van der Waals surface area (Å²) in [5.41, 5.74) is 10.2. The first kappa shape index (κ1) is 26.7. The maximum absolute atomic E-state index is 14.0. The van der Waals surface area contributed by atoms with Gasteiger partial charge in [0.15, 0.2) is 0 Å². The number of likely N-dealkylation sites (N-methyl/N-ethyl adjacent to an activating group) is 1. The first-order chi connectivity index (χ1) is 19.8. The Bertz CT molecular complexity index is 1790. The fourth-order valence-corrected chi connectivity index (χ4v) is 5.43. The zero-order chi connectivity index (χ0) is 28.5. The van der Waals surface area contributed by atoms with Gasteiger partial charge in [-0.1, -0.05) is 6.07 Å². The average Bonchev–Trinajstić information content (AvgIpc) is 2.97. The summed E-state index contributed by atoms with van der Waals surface area (Å²) in [4.78, 5) is 29.2. The van der Waals surface area contributed by atoms with Crippen molar-refractivity contribution in [1.82, 2.24) is 19.9 Å². The zero-order valence-corrected chi connectivity index (χ0v) is 23.0. The van der Waals surface area contributed by atoms with Gasteiger partial charge in [0, 0.05) is 66.7 Å². The van der Waals surface area contributed by atoms with Crippen LogP contribution in [-0.2, 0) is 0 Å². The van der Waals surface area contributed by atoms with Crippen molar-refractivity contribution in [3.63, 3.8) is 0 Å². The van der Waals surface area contributed by atoms with Crippen molar-refractivity contribution in [2.45, 2.75) is 4.90 Å². The van der Waals surface area contributed by atoms with Gasteiger partial charge in [-0.3, -0.25) is 4.79 Å². The third-order valence-corrected chi connectivity index (χ3v) is 8.00. The van der Waals surface area contributed by atoms with Crippen molar-refractivity contribution >= 4 is 40.2 Å². The molecule has 0 radical (unpaired) electrons. The van der Waals surface area contributed by atoms with E-state index in [2.05, 4.69) is 31.5 Å². The fourth-order valence-electron chi connectivity index (χ4n) is 4.76. The maximum atomic E-state index is 14.0. The molecule has 0 saturated carbocycles. The third kappa shape index (κ3) is 5.72. The van der Waals surface area contributed by atoms with Crippen LogP contribution in [0, 0.1) is 11.6 Å². The van der Waals surface area contributed by atoms with E-state index in [1.54, 1.807) is 12.3 Å². The Labute approximate surface area is 239 Å². The summed E-state index contributed by atoms with van der Waals surface area (Å²) in [6.45, 7) is 3.89. The molecule has 0 atom stereocenters. The molecule has 0 spiro atoms. The number of benzene rings is 2. The lowest BCUT2D eigenvalue weighted by atomic mass is 10.0. The van der Waals surface area contributed by atoms with Crippen LogP contribution < -0.4 is 20.9 Å². The molecule has 41 heavy (non-hydrogen) atoms. The summed E-state index contributed by atoms with van der Waals surface area (Å²) in [6, 6.07) is 16.7. The van der Waals surface area contributed by atoms with Crippen molar-refractivity contribution < 1.29 is 8.78 Å². The Morgan fingerprint density at radius 2 is 1.76 bits per heavy atom. The van der Waals surface area contributed by atoms with Gasteiger partial charge in [-0.2, -0.15) is 0 Å². The van der Waals surface area contributed by atoms with Crippen LogP contribution in [0.5, 0.6) is 0 Å². The van der Waals surface area contributed by atoms with Crippen LogP contribution in [0.15, 0.2) is 82.7 Å². The summed E-state index contributed by atoms with van der Waals surface area (Å²) >= 11 is 0.894. The number of rotatable bonds is 6. The molecule has 0 bridgehead atoms. The molecule has 8 nitrogen and oxygen atoms in total. The van der Waals surface area contributed by atoms with Gasteiger partial charge >= 0.3 is 0 Å². The van der Waals surface area contributed by atoms with Gasteiger partial charge in [0.1, 0.15) is 29.0 Å². The molecule has 1 aliphatic rings. The Morgan fingerprint density at radius 3 is 2.51 bits per heavy atom. The van der Waals surface area contributed by atoms with Gasteiger partial charge in [-0.05, 0) is 73.1 Å². The van der Waals surface area contributed by atoms with Gasteiger partial charge in [-0.15, -0.1) is 0 Å². The standard InChI is InChI=1S/C30H27F2N7OS/c1-38-8-10-39(11-9-38)28-7-3-19(16-34-28)23-13-20-12-18(2-5-25(20)36-29(23)33)21-14-26(30(40)35-17-21)37-41-27-6-4-22(31)15-24(27)32/h2-7,12-17,37H,8-11H2,1H3,(H2,33,36)(H,35,40). The first-order valence-electron chi connectivity index (χ1n) is 13.1. The van der Waals surface area contributed by atoms with Crippen LogP contribution in [0.2, 0.25) is 0 Å². The quantitative estimate of drug-likeness (QED) is 0.234. The average molecular weight is 572 g/mol. The predicted octanol–water partition coefficient (Wildman–Crippen LogP) is 5.38. The minimum atomic E-state index is -0.712. The summed E-state index contributed by atoms with van der Waals surface area (Å²) in [6.07, 6.45) is 3.45. The highest BCUT2D eigenvalue weighted by Gasteiger charge is 2.16. The van der Waals surface area contributed by atoms with Gasteiger partial charge in [0.05, 0.1) is 10.4 Å². The van der Waals surface area contributed by atoms with Crippen molar-refractivity contribution in [2.24, 2.45) is 0 Å². The van der Waals surface area contributed by atoms with E-state index in [0.29, 0.717) is 5.82 Å². The van der Waals surface area contributed by atoms with Crippen LogP contribution in [0.4, 0.5) is 26.1 Å². The number of fused-ring (bicyclic) bond motifs is 1. The van der Waals surface area contributed by atoms with Gasteiger partial charge in [-0.25, -0.2) is 18.7 Å². The summed E-state index contributed by atoms with van der Waals surface area (Å²) in [7, 11) is 2.12. The molecular weight excluding hydrogens is 544 g/mol. The molecule has 4 N–H and O–H groups in total. The van der Waals surface area contributed by atoms with E-state index in [1.807, 2.05) is 42.6 Å². The number of nitrogens with one attached hydrogen (secondary N) is 2. The van der Waals surface area contributed by atoms with E-state index in [9.17, 15) is 13.6 Å².